The Morgan fingerprint density at radius 2 is 2.55 bits per heavy atom. The van der Waals surface area contributed by atoms with Crippen LogP contribution in [0.1, 0.15) is 34.0 Å². The molecule has 0 heterocycles. The lowest BCUT2D eigenvalue weighted by Crippen LogP contribution is -2.22. The van der Waals surface area contributed by atoms with Gasteiger partial charge in [-0.2, -0.15) is 0 Å². The van der Waals surface area contributed by atoms with Gasteiger partial charge in [-0.05, 0) is 25.3 Å². The molecule has 1 rings (SSSR count). The quantitative estimate of drug-likeness (QED) is 0.612. The van der Waals surface area contributed by atoms with Gasteiger partial charge >= 0.3 is 0 Å². The highest BCUT2D eigenvalue weighted by Crippen LogP contribution is 2.18. The van der Waals surface area contributed by atoms with E-state index in [1.54, 1.807) is 0 Å². The van der Waals surface area contributed by atoms with Gasteiger partial charge in [0, 0.05) is 6.04 Å². The molecule has 0 unspecified atom stereocenters. The number of amides is 1. The zero-order valence-corrected chi connectivity index (χ0v) is 6.89. The van der Waals surface area contributed by atoms with Gasteiger partial charge in [0.1, 0.15) is 0 Å². The first-order chi connectivity index (χ1) is 5.72. The van der Waals surface area contributed by atoms with Crippen molar-refractivity contribution in [3.8, 4) is 0 Å². The molecule has 1 saturated carbocycles. The minimum atomic E-state index is -0.101. The number of carbonyl (C=O) groups is 1. The first-order valence-corrected chi connectivity index (χ1v) is 4.20. The van der Waals surface area contributed by atoms with E-state index >= 15 is 0 Å². The van der Waals surface area contributed by atoms with Gasteiger partial charge in [-0.1, -0.05) is 19.4 Å². The minimum absolute atomic E-state index is 0.101. The van der Waals surface area contributed by atoms with E-state index in [1.165, 1.54) is 6.08 Å². The van der Waals surface area contributed by atoms with Crippen LogP contribution in [0.25, 0.3) is 0 Å². The monoisotopic (exact) mass is 154 g/mol. The molecule has 62 valence electrons. The van der Waals surface area contributed by atoms with Crippen molar-refractivity contribution >= 4 is 5.91 Å². The molecule has 0 atom stereocenters. The number of nitrogens with one attached hydrogen (secondary N) is 1. The summed E-state index contributed by atoms with van der Waals surface area (Å²) in [6.07, 6.45) is 5.20. The van der Waals surface area contributed by atoms with Crippen LogP contribution in [0.4, 0.5) is 0 Å². The van der Waals surface area contributed by atoms with Crippen molar-refractivity contribution in [2.24, 2.45) is 0 Å². The smallest absolute Gasteiger partial charge is 0.243 e. The molecular weight excluding hydrogens is 138 g/mol. The Morgan fingerprint density at radius 1 is 1.82 bits per heavy atom. The van der Waals surface area contributed by atoms with Crippen LogP contribution in [0.5, 0.6) is 0 Å². The van der Waals surface area contributed by atoms with Crippen molar-refractivity contribution < 1.29 is 6.17 Å². The lowest BCUT2D eigenvalue weighted by molar-refractivity contribution is -0.116. The highest BCUT2D eigenvalue weighted by molar-refractivity contribution is 5.87. The summed E-state index contributed by atoms with van der Waals surface area (Å²) in [4.78, 5) is 11.1. The Labute approximate surface area is 69.1 Å². The average molecular weight is 154 g/mol. The maximum absolute atomic E-state index is 11.1. The predicted molar refractivity (Wildman–Crippen MR) is 45.2 cm³/mol. The first-order valence-electron chi connectivity index (χ1n) is 4.70. The number of carbonyl (C=O) groups excluding carboxylic acids is 1. The van der Waals surface area contributed by atoms with E-state index in [0.717, 1.165) is 19.3 Å². The molecule has 11 heavy (non-hydrogen) atoms. The second-order valence-electron chi connectivity index (χ2n) is 2.88. The van der Waals surface area contributed by atoms with E-state index in [9.17, 15) is 4.79 Å². The molecule has 1 aliphatic rings. The number of hydrogen-bond acceptors (Lipinski definition) is 1. The molecule has 1 N–H and O–H groups in total. The third-order valence-electron chi connectivity index (χ3n) is 1.55. The van der Waals surface area contributed by atoms with Crippen molar-refractivity contribution in [1.82, 2.24) is 5.32 Å². The number of rotatable bonds is 4. The molecule has 1 amide bonds. The fraction of sp³-hybridized carbons (Fsp3) is 0.667. The molecule has 2 nitrogen and oxygen atoms in total. The first kappa shape index (κ1) is 6.89. The van der Waals surface area contributed by atoms with E-state index in [1.807, 2.05) is 6.92 Å². The maximum Gasteiger partial charge on any atom is 0.243 e. The Hall–Kier alpha value is -0.790. The standard InChI is InChI=1S/C9H15NO/c1-2-3-4-5-9(11)10-8-6-7-8/h4-5,8H,2-3,6-7H2,1H3,(H,10,11)/i4D. The summed E-state index contributed by atoms with van der Waals surface area (Å²) in [7, 11) is 0. The van der Waals surface area contributed by atoms with Crippen LogP contribution >= 0.6 is 0 Å². The summed E-state index contributed by atoms with van der Waals surface area (Å²) in [6, 6.07) is 0.818. The van der Waals surface area contributed by atoms with Gasteiger partial charge < -0.3 is 5.32 Å². The van der Waals surface area contributed by atoms with Gasteiger partial charge in [-0.3, -0.25) is 4.79 Å². The molecule has 1 aliphatic carbocycles. The van der Waals surface area contributed by atoms with Gasteiger partial charge in [0.2, 0.25) is 5.91 Å². The molecule has 0 radical (unpaired) electrons. The molecule has 0 spiro atoms. The third-order valence-corrected chi connectivity index (χ3v) is 1.55. The Balaban J connectivity index is 2.25. The molecular formula is C9H15NO. The predicted octanol–water partition coefficient (Wildman–Crippen LogP) is 1.62. The minimum Gasteiger partial charge on any atom is -0.350 e. The van der Waals surface area contributed by atoms with Crippen molar-refractivity contribution in [2.45, 2.75) is 38.6 Å². The third kappa shape index (κ3) is 3.81. The molecule has 0 saturated heterocycles. The van der Waals surface area contributed by atoms with Crippen molar-refractivity contribution in [1.29, 1.82) is 0 Å². The summed E-state index contributed by atoms with van der Waals surface area (Å²) < 4.78 is 7.37. The number of allylic oxidation sites excluding steroid dienone is 1. The normalized spacial score (nSPS) is 19.4. The molecule has 0 aliphatic heterocycles. The molecule has 1 fully saturated rings. The summed E-state index contributed by atoms with van der Waals surface area (Å²) in [5, 5.41) is 2.81. The lowest BCUT2D eigenvalue weighted by Gasteiger charge is -1.95. The fourth-order valence-corrected chi connectivity index (χ4v) is 0.780. The van der Waals surface area contributed by atoms with E-state index in [-0.39, 0.29) is 5.91 Å². The van der Waals surface area contributed by atoms with Gasteiger partial charge in [-0.15, -0.1) is 0 Å². The molecule has 2 heteroatoms. The Bertz CT molecular complexity index is 197. The van der Waals surface area contributed by atoms with Crippen LogP contribution in [-0.4, -0.2) is 11.9 Å². The summed E-state index contributed by atoms with van der Waals surface area (Å²) >= 11 is 0. The highest BCUT2D eigenvalue weighted by Gasteiger charge is 2.21. The van der Waals surface area contributed by atoms with E-state index in [0.29, 0.717) is 18.5 Å². The fourth-order valence-electron chi connectivity index (χ4n) is 0.780. The Morgan fingerprint density at radius 3 is 3.09 bits per heavy atom. The summed E-state index contributed by atoms with van der Waals surface area (Å²) in [5.74, 6) is -0.101. The molecule has 0 aromatic carbocycles. The van der Waals surface area contributed by atoms with Crippen LogP contribution in [-0.2, 0) is 4.79 Å². The van der Waals surface area contributed by atoms with Gasteiger partial charge in [-0.25, -0.2) is 0 Å². The van der Waals surface area contributed by atoms with Crippen molar-refractivity contribution in [3.05, 3.63) is 12.1 Å². The van der Waals surface area contributed by atoms with Crippen LogP contribution < -0.4 is 5.32 Å². The zero-order chi connectivity index (χ0) is 8.97. The van der Waals surface area contributed by atoms with Crippen molar-refractivity contribution in [2.75, 3.05) is 0 Å². The second-order valence-corrected chi connectivity index (χ2v) is 2.88. The van der Waals surface area contributed by atoms with Crippen LogP contribution in [0, 0.1) is 0 Å². The topological polar surface area (TPSA) is 29.1 Å². The van der Waals surface area contributed by atoms with Crippen molar-refractivity contribution in [3.63, 3.8) is 0 Å². The largest absolute Gasteiger partial charge is 0.350 e. The van der Waals surface area contributed by atoms with E-state index in [4.69, 9.17) is 1.37 Å². The summed E-state index contributed by atoms with van der Waals surface area (Å²) in [5.41, 5.74) is 0. The van der Waals surface area contributed by atoms with Crippen LogP contribution in [0.15, 0.2) is 12.1 Å². The van der Waals surface area contributed by atoms with Crippen LogP contribution in [0.2, 0.25) is 0 Å². The second kappa shape index (κ2) is 4.16. The number of hydrogen-bond donors (Lipinski definition) is 1. The van der Waals surface area contributed by atoms with Gasteiger partial charge in [0.25, 0.3) is 0 Å². The van der Waals surface area contributed by atoms with Gasteiger partial charge in [0.05, 0.1) is 1.37 Å². The average Bonchev–Trinajstić information content (AvgIpc) is 2.71. The van der Waals surface area contributed by atoms with Crippen LogP contribution in [0.3, 0.4) is 0 Å². The SMILES string of the molecule is [2H]C(=CC(=O)NC1CC1)CCC. The molecule has 0 bridgehead atoms. The van der Waals surface area contributed by atoms with E-state index < -0.39 is 0 Å². The van der Waals surface area contributed by atoms with E-state index in [2.05, 4.69) is 5.32 Å². The Kier molecular flexibility index (Phi) is 2.61. The molecule has 0 aromatic rings. The molecule has 0 aromatic heterocycles. The highest BCUT2D eigenvalue weighted by atomic mass is 16.1. The maximum atomic E-state index is 11.1. The lowest BCUT2D eigenvalue weighted by atomic mass is 10.3. The zero-order valence-electron chi connectivity index (χ0n) is 7.89. The summed E-state index contributed by atoms with van der Waals surface area (Å²) in [6.45, 7) is 2.00. The van der Waals surface area contributed by atoms with Gasteiger partial charge in [0.15, 0.2) is 0 Å².